The zero-order valence-corrected chi connectivity index (χ0v) is 37.2. The van der Waals surface area contributed by atoms with E-state index in [2.05, 4.69) is 30.7 Å². The molecule has 4 N–H and O–H groups in total. The average Bonchev–Trinajstić information content (AvgIpc) is 3.82. The van der Waals surface area contributed by atoms with Crippen LogP contribution >= 0.6 is 11.3 Å². The number of amides is 5. The van der Waals surface area contributed by atoms with Gasteiger partial charge >= 0.3 is 6.09 Å². The molecule has 2 saturated heterocycles. The molecule has 5 amide bonds. The van der Waals surface area contributed by atoms with Crippen LogP contribution in [0.1, 0.15) is 82.5 Å². The number of benzene rings is 2. The van der Waals surface area contributed by atoms with Crippen LogP contribution in [-0.2, 0) is 19.1 Å². The van der Waals surface area contributed by atoms with Gasteiger partial charge < -0.3 is 40.5 Å². The average molecular weight is 847 g/mol. The summed E-state index contributed by atoms with van der Waals surface area (Å²) in [5.41, 5.74) is 4.76. The van der Waals surface area contributed by atoms with Gasteiger partial charge in [0.15, 0.2) is 0 Å². The molecule has 0 radical (unpaired) electrons. The Morgan fingerprint density at radius 3 is 2.18 bits per heavy atom. The molecule has 15 nitrogen and oxygen atoms in total. The van der Waals surface area contributed by atoms with Gasteiger partial charge in [-0.05, 0) is 75.4 Å². The van der Waals surface area contributed by atoms with Crippen LogP contribution < -0.4 is 20.9 Å². The summed E-state index contributed by atoms with van der Waals surface area (Å²) >= 11 is 1.57. The van der Waals surface area contributed by atoms with Gasteiger partial charge in [0.2, 0.25) is 17.7 Å². The number of carbonyl (C=O) groups is 5. The van der Waals surface area contributed by atoms with E-state index in [-0.39, 0.29) is 31.6 Å². The Morgan fingerprint density at radius 2 is 1.60 bits per heavy atom. The number of piperazine rings is 1. The van der Waals surface area contributed by atoms with E-state index in [0.717, 1.165) is 60.1 Å². The van der Waals surface area contributed by atoms with Gasteiger partial charge in [0.05, 0.1) is 34.8 Å². The number of β-amino-alcohol motifs (C(OH)–C–C–N with tert-alkyl or cyclic N) is 1. The van der Waals surface area contributed by atoms with Crippen LogP contribution in [0.15, 0.2) is 54.0 Å². The molecular formula is C44H62N8O7S. The number of ether oxygens (including phenoxy) is 1. The van der Waals surface area contributed by atoms with E-state index < -0.39 is 52.8 Å². The molecule has 2 aliphatic rings. The summed E-state index contributed by atoms with van der Waals surface area (Å²) in [4.78, 5) is 79.3. The topological polar surface area (TPSA) is 177 Å². The Bertz CT molecular complexity index is 1970. The van der Waals surface area contributed by atoms with Crippen LogP contribution in [0.4, 0.5) is 10.5 Å². The molecule has 0 unspecified atom stereocenters. The summed E-state index contributed by atoms with van der Waals surface area (Å²) in [7, 11) is 1.74. The van der Waals surface area contributed by atoms with E-state index >= 15 is 0 Å². The fourth-order valence-corrected chi connectivity index (χ4v) is 8.08. The first kappa shape index (κ1) is 46.0. The molecule has 2 aromatic carbocycles. The van der Waals surface area contributed by atoms with Crippen LogP contribution in [0, 0.1) is 12.3 Å². The van der Waals surface area contributed by atoms with Gasteiger partial charge in [-0.15, -0.1) is 11.3 Å². The first-order chi connectivity index (χ1) is 28.2. The number of aliphatic hydroxyl groups excluding tert-OH is 1. The molecular weight excluding hydrogens is 785 g/mol. The lowest BCUT2D eigenvalue weighted by Crippen LogP contribution is -2.58. The van der Waals surface area contributed by atoms with E-state index in [1.165, 1.54) is 4.90 Å². The number of carbonyl (C=O) groups excluding carboxylic acids is 5. The summed E-state index contributed by atoms with van der Waals surface area (Å²) in [6.07, 6.45) is -1.17. The number of thiazole rings is 1. The number of nitrogens with zero attached hydrogens (tertiary/aromatic N) is 5. The highest BCUT2D eigenvalue weighted by Crippen LogP contribution is 2.30. The highest BCUT2D eigenvalue weighted by atomic mass is 32.1. The predicted molar refractivity (Wildman–Crippen MR) is 233 cm³/mol. The van der Waals surface area contributed by atoms with Crippen molar-refractivity contribution in [2.75, 3.05) is 64.3 Å². The van der Waals surface area contributed by atoms with Crippen molar-refractivity contribution in [3.63, 3.8) is 0 Å². The van der Waals surface area contributed by atoms with Gasteiger partial charge in [0.1, 0.15) is 17.7 Å². The van der Waals surface area contributed by atoms with Crippen molar-refractivity contribution in [2.45, 2.75) is 91.6 Å². The smallest absolute Gasteiger partial charge is 0.410 e. The molecule has 1 aromatic heterocycles. The molecule has 4 atom stereocenters. The second kappa shape index (κ2) is 19.5. The molecule has 326 valence electrons. The maximum atomic E-state index is 14.1. The highest BCUT2D eigenvalue weighted by Gasteiger charge is 2.44. The summed E-state index contributed by atoms with van der Waals surface area (Å²) in [6.45, 7) is 18.9. The van der Waals surface area contributed by atoms with E-state index in [4.69, 9.17) is 4.74 Å². The van der Waals surface area contributed by atoms with E-state index in [1.807, 2.05) is 97.3 Å². The minimum absolute atomic E-state index is 0.0491. The summed E-state index contributed by atoms with van der Waals surface area (Å²) in [5, 5.41) is 19.1. The number of hydrogen-bond acceptors (Lipinski definition) is 11. The SMILES string of the molecule is Cc1ncsc1-c1ccc([C@H](C)NC(=O)[C@@H]2C[C@@H](O)CN2C(=O)[C@@H](NC(=O)CNC(=O)c2ccc(N3CCN(CCN(C)C(=O)OC(C)(C)C)CC3)cc2)C(C)(C)C)cc1. The fraction of sp³-hybridized carbons (Fsp3) is 0.545. The van der Waals surface area contributed by atoms with Gasteiger partial charge in [-0.25, -0.2) is 9.78 Å². The van der Waals surface area contributed by atoms with Crippen LogP contribution in [0.25, 0.3) is 10.4 Å². The van der Waals surface area contributed by atoms with Gasteiger partial charge in [-0.2, -0.15) is 0 Å². The second-order valence-corrected chi connectivity index (χ2v) is 18.7. The molecule has 2 fully saturated rings. The third-order valence-electron chi connectivity index (χ3n) is 10.8. The Balaban J connectivity index is 1.10. The number of aryl methyl sites for hydroxylation is 1. The number of aromatic nitrogens is 1. The van der Waals surface area contributed by atoms with Crippen LogP contribution in [0.3, 0.4) is 0 Å². The maximum Gasteiger partial charge on any atom is 0.410 e. The summed E-state index contributed by atoms with van der Waals surface area (Å²) < 4.78 is 5.44. The highest BCUT2D eigenvalue weighted by molar-refractivity contribution is 7.13. The van der Waals surface area contributed by atoms with Crippen molar-refractivity contribution < 1.29 is 33.8 Å². The molecule has 60 heavy (non-hydrogen) atoms. The number of likely N-dealkylation sites (tertiary alicyclic amines) is 1. The first-order valence-corrected chi connectivity index (χ1v) is 21.5. The zero-order valence-electron chi connectivity index (χ0n) is 36.4. The van der Waals surface area contributed by atoms with Crippen molar-refractivity contribution >= 4 is 46.7 Å². The van der Waals surface area contributed by atoms with Gasteiger partial charge in [0, 0.05) is 70.5 Å². The normalized spacial score (nSPS) is 18.4. The lowest BCUT2D eigenvalue weighted by Gasteiger charge is -2.36. The number of nitrogens with one attached hydrogen (secondary N) is 3. The molecule has 3 aromatic rings. The lowest BCUT2D eigenvalue weighted by molar-refractivity contribution is -0.144. The van der Waals surface area contributed by atoms with Gasteiger partial charge in [-0.3, -0.25) is 24.1 Å². The Labute approximate surface area is 357 Å². The minimum atomic E-state index is -1.03. The number of anilines is 1. The molecule has 5 rings (SSSR count). The summed E-state index contributed by atoms with van der Waals surface area (Å²) in [5.74, 6) is -1.87. The largest absolute Gasteiger partial charge is 0.444 e. The third-order valence-corrected chi connectivity index (χ3v) is 11.8. The number of hydrogen-bond donors (Lipinski definition) is 4. The monoisotopic (exact) mass is 846 g/mol. The van der Waals surface area contributed by atoms with E-state index in [9.17, 15) is 29.1 Å². The number of likely N-dealkylation sites (N-methyl/N-ethyl adjacent to an activating group) is 1. The van der Waals surface area contributed by atoms with Crippen molar-refractivity contribution in [1.82, 2.24) is 35.6 Å². The standard InChI is InChI=1S/C44H62N8O7S/c1-28(30-10-12-31(13-11-30)37-29(2)46-27-60-37)47-40(56)35-24-34(53)26-52(35)41(57)38(43(3,4)5)48-36(54)25-45-39(55)32-14-16-33(17-15-32)51-22-20-50(21-23-51)19-18-49(9)42(58)59-44(6,7)8/h10-17,27-28,34-35,38,53H,18-26H2,1-9H3,(H,45,55)(H,47,56)(H,48,54)/t28-,34+,35-,38+/m0/s1. The molecule has 0 aliphatic carbocycles. The zero-order chi connectivity index (χ0) is 43.9. The lowest BCUT2D eigenvalue weighted by atomic mass is 9.85. The van der Waals surface area contributed by atoms with E-state index in [0.29, 0.717) is 12.1 Å². The predicted octanol–water partition coefficient (Wildman–Crippen LogP) is 4.21. The molecule has 3 heterocycles. The van der Waals surface area contributed by atoms with Crippen molar-refractivity contribution in [1.29, 1.82) is 0 Å². The first-order valence-electron chi connectivity index (χ1n) is 20.6. The Kier molecular flexibility index (Phi) is 15.0. The number of aliphatic hydroxyl groups is 1. The molecule has 16 heteroatoms. The van der Waals surface area contributed by atoms with Crippen LogP contribution in [0.2, 0.25) is 0 Å². The quantitative estimate of drug-likeness (QED) is 0.195. The van der Waals surface area contributed by atoms with Crippen molar-refractivity contribution in [3.8, 4) is 10.4 Å². The Morgan fingerprint density at radius 1 is 0.950 bits per heavy atom. The maximum absolute atomic E-state index is 14.1. The van der Waals surface area contributed by atoms with Crippen LogP contribution in [-0.4, -0.2) is 138 Å². The molecule has 0 spiro atoms. The van der Waals surface area contributed by atoms with Gasteiger partial charge in [-0.1, -0.05) is 45.0 Å². The van der Waals surface area contributed by atoms with Crippen molar-refractivity contribution in [2.24, 2.45) is 5.41 Å². The second-order valence-electron chi connectivity index (χ2n) is 17.8. The third kappa shape index (κ3) is 12.3. The molecule has 2 aliphatic heterocycles. The molecule has 0 bridgehead atoms. The summed E-state index contributed by atoms with van der Waals surface area (Å²) in [6, 6.07) is 12.8. The minimum Gasteiger partial charge on any atom is -0.444 e. The van der Waals surface area contributed by atoms with Crippen molar-refractivity contribution in [3.05, 3.63) is 70.9 Å². The van der Waals surface area contributed by atoms with Crippen LogP contribution in [0.5, 0.6) is 0 Å². The molecule has 0 saturated carbocycles. The van der Waals surface area contributed by atoms with Gasteiger partial charge in [0.25, 0.3) is 5.91 Å². The fourth-order valence-electron chi connectivity index (χ4n) is 7.27. The number of rotatable bonds is 13. The Hall–Kier alpha value is -5.06. The van der Waals surface area contributed by atoms with E-state index in [1.54, 1.807) is 35.4 Å².